The average Bonchev–Trinajstić information content (AvgIpc) is 3.51. The van der Waals surface area contributed by atoms with Crippen molar-refractivity contribution < 1.29 is 18.8 Å². The molecule has 3 amide bonds. The van der Waals surface area contributed by atoms with Crippen molar-refractivity contribution in [2.24, 2.45) is 16.8 Å². The summed E-state index contributed by atoms with van der Waals surface area (Å²) in [6.07, 6.45) is 5.12. The van der Waals surface area contributed by atoms with Crippen LogP contribution in [0, 0.1) is 11.8 Å². The summed E-state index contributed by atoms with van der Waals surface area (Å²) in [4.78, 5) is 45.0. The van der Waals surface area contributed by atoms with Gasteiger partial charge in [-0.3, -0.25) is 19.4 Å². The number of aryl methyl sites for hydroxylation is 1. The molecule has 45 heavy (non-hydrogen) atoms. The van der Waals surface area contributed by atoms with E-state index in [0.717, 1.165) is 54.5 Å². The fourth-order valence-corrected chi connectivity index (χ4v) is 7.68. The van der Waals surface area contributed by atoms with Crippen LogP contribution in [0.25, 0.3) is 11.1 Å². The number of nitrogens with zero attached hydrogens (tertiary/aromatic N) is 2. The molecule has 9 heteroatoms. The molecule has 6 unspecified atom stereocenters. The lowest BCUT2D eigenvalue weighted by Gasteiger charge is -2.39. The van der Waals surface area contributed by atoms with Crippen LogP contribution >= 0.6 is 0 Å². The Morgan fingerprint density at radius 1 is 1.04 bits per heavy atom. The Labute approximate surface area is 266 Å². The zero-order valence-corrected chi connectivity index (χ0v) is 27.1. The quantitative estimate of drug-likeness (QED) is 0.371. The molecular weight excluding hydrogens is 569 g/mol. The van der Waals surface area contributed by atoms with Gasteiger partial charge in [0.25, 0.3) is 0 Å². The van der Waals surface area contributed by atoms with Crippen molar-refractivity contribution in [3.63, 3.8) is 0 Å². The first-order valence-corrected chi connectivity index (χ1v) is 16.6. The number of carbonyl (C=O) groups excluding carboxylic acids is 3. The lowest BCUT2D eigenvalue weighted by molar-refractivity contribution is -0.128. The number of amides is 3. The number of anilines is 1. The molecule has 1 aliphatic heterocycles. The molecule has 1 heterocycles. The van der Waals surface area contributed by atoms with Crippen LogP contribution in [0.15, 0.2) is 47.5 Å². The van der Waals surface area contributed by atoms with E-state index in [2.05, 4.69) is 52.1 Å². The number of hydrogen-bond acceptors (Lipinski definition) is 5. The molecule has 2 aromatic rings. The Bertz CT molecular complexity index is 1410. The smallest absolute Gasteiger partial charge is 0.238 e. The molecule has 2 aliphatic carbocycles. The van der Waals surface area contributed by atoms with Crippen LogP contribution in [-0.4, -0.2) is 69.4 Å². The molecule has 0 spiro atoms. The number of carbonyl (C=O) groups is 3. The molecule has 2 aromatic carbocycles. The van der Waals surface area contributed by atoms with Crippen molar-refractivity contribution in [3.8, 4) is 11.1 Å². The normalized spacial score (nSPS) is 27.0. The van der Waals surface area contributed by atoms with Gasteiger partial charge in [-0.05, 0) is 86.4 Å². The molecule has 8 nitrogen and oxygen atoms in total. The largest absolute Gasteiger partial charge is 0.359 e. The zero-order chi connectivity index (χ0) is 32.1. The third-order valence-electron chi connectivity index (χ3n) is 10.2. The summed E-state index contributed by atoms with van der Waals surface area (Å²) in [7, 11) is 5.02. The summed E-state index contributed by atoms with van der Waals surface area (Å²) in [5.41, 5.74) is 5.56. The Hall–Kier alpha value is -3.59. The third-order valence-corrected chi connectivity index (χ3v) is 10.2. The molecule has 242 valence electrons. The van der Waals surface area contributed by atoms with E-state index in [-0.39, 0.29) is 29.7 Å². The van der Waals surface area contributed by atoms with E-state index < -0.39 is 24.0 Å². The fraction of sp³-hybridized carbons (Fsp3) is 0.556. The van der Waals surface area contributed by atoms with E-state index >= 15 is 4.39 Å². The molecule has 6 atom stereocenters. The van der Waals surface area contributed by atoms with Gasteiger partial charge in [-0.25, -0.2) is 4.39 Å². The van der Waals surface area contributed by atoms with Crippen molar-refractivity contribution in [1.82, 2.24) is 16.0 Å². The number of rotatable bonds is 9. The van der Waals surface area contributed by atoms with Gasteiger partial charge in [0.05, 0.1) is 12.0 Å². The van der Waals surface area contributed by atoms with Gasteiger partial charge in [-0.1, -0.05) is 43.7 Å². The van der Waals surface area contributed by atoms with Gasteiger partial charge in [0.1, 0.15) is 6.17 Å². The van der Waals surface area contributed by atoms with Gasteiger partial charge in [-0.15, -0.1) is 0 Å². The van der Waals surface area contributed by atoms with Crippen LogP contribution in [0.4, 0.5) is 10.1 Å². The van der Waals surface area contributed by atoms with Gasteiger partial charge in [0, 0.05) is 56.3 Å². The van der Waals surface area contributed by atoms with E-state index in [1.54, 1.807) is 21.1 Å². The molecule has 0 radical (unpaired) electrons. The van der Waals surface area contributed by atoms with E-state index in [1.165, 1.54) is 5.56 Å². The predicted octanol–water partition coefficient (Wildman–Crippen LogP) is 4.95. The second kappa shape index (κ2) is 14.7. The van der Waals surface area contributed by atoms with E-state index in [0.29, 0.717) is 37.9 Å². The number of benzene rings is 2. The third kappa shape index (κ3) is 6.98. The average molecular weight is 618 g/mol. The highest BCUT2D eigenvalue weighted by atomic mass is 19.1. The molecule has 2 saturated carbocycles. The molecule has 3 aliphatic rings. The monoisotopic (exact) mass is 617 g/mol. The SMILES string of the molecule is CCc1ccc(-c2cc(N3CCCC3=O)ccc2C2CCC(=NC)C(C(NC)C(=O)NC3CCCC(C(=O)NC)C3)C2F)cc1. The van der Waals surface area contributed by atoms with Crippen molar-refractivity contribution in [2.45, 2.75) is 88.9 Å². The summed E-state index contributed by atoms with van der Waals surface area (Å²) in [5, 5.41) is 9.00. The molecule has 3 fully saturated rings. The maximum atomic E-state index is 17.1. The minimum atomic E-state index is -1.36. The van der Waals surface area contributed by atoms with E-state index in [4.69, 9.17) is 0 Å². The van der Waals surface area contributed by atoms with Crippen molar-refractivity contribution in [3.05, 3.63) is 53.6 Å². The second-order valence-corrected chi connectivity index (χ2v) is 12.8. The molecule has 3 N–H and O–H groups in total. The van der Waals surface area contributed by atoms with Crippen LogP contribution in [-0.2, 0) is 20.8 Å². The molecule has 1 saturated heterocycles. The lowest BCUT2D eigenvalue weighted by atomic mass is 9.70. The van der Waals surface area contributed by atoms with Gasteiger partial charge in [-0.2, -0.15) is 0 Å². The number of likely N-dealkylation sites (N-methyl/N-ethyl adjacent to an activating group) is 1. The fourth-order valence-electron chi connectivity index (χ4n) is 7.68. The van der Waals surface area contributed by atoms with Crippen LogP contribution in [0.2, 0.25) is 0 Å². The highest BCUT2D eigenvalue weighted by molar-refractivity contribution is 5.97. The summed E-state index contributed by atoms with van der Waals surface area (Å²) in [6.45, 7) is 2.80. The first-order chi connectivity index (χ1) is 21.8. The van der Waals surface area contributed by atoms with Crippen molar-refractivity contribution in [2.75, 3.05) is 32.6 Å². The summed E-state index contributed by atoms with van der Waals surface area (Å²) >= 11 is 0. The molecular formula is C36H48FN5O3. The standard InChI is InChI=1S/C36H48FN5O3/c1-5-22-11-13-23(14-12-22)29-21-26(42-19-7-10-31(42)43)15-16-27(29)28-17-18-30(38-2)32(33(28)37)34(39-3)36(45)41-25-9-6-8-24(20-25)35(44)40-4/h11-16,21,24-25,28,32-34,39H,5-10,17-20H2,1-4H3,(H,40,44)(H,41,45). The Kier molecular flexibility index (Phi) is 10.7. The second-order valence-electron chi connectivity index (χ2n) is 12.8. The first kappa shape index (κ1) is 32.8. The van der Waals surface area contributed by atoms with Gasteiger partial charge in [0.2, 0.25) is 17.7 Å². The summed E-state index contributed by atoms with van der Waals surface area (Å²) in [5.74, 6) is -1.48. The number of hydrogen-bond donors (Lipinski definition) is 3. The van der Waals surface area contributed by atoms with Gasteiger partial charge < -0.3 is 20.9 Å². The number of nitrogens with one attached hydrogen (secondary N) is 3. The van der Waals surface area contributed by atoms with E-state index in [9.17, 15) is 14.4 Å². The maximum absolute atomic E-state index is 17.1. The molecule has 5 rings (SSSR count). The highest BCUT2D eigenvalue weighted by Crippen LogP contribution is 2.44. The minimum Gasteiger partial charge on any atom is -0.359 e. The van der Waals surface area contributed by atoms with Gasteiger partial charge >= 0.3 is 0 Å². The molecule has 0 bridgehead atoms. The topological polar surface area (TPSA) is 103 Å². The maximum Gasteiger partial charge on any atom is 0.238 e. The lowest BCUT2D eigenvalue weighted by Crippen LogP contribution is -2.57. The highest BCUT2D eigenvalue weighted by Gasteiger charge is 2.45. The van der Waals surface area contributed by atoms with Crippen LogP contribution in [0.3, 0.4) is 0 Å². The van der Waals surface area contributed by atoms with Crippen LogP contribution in [0.5, 0.6) is 0 Å². The number of aliphatic imine (C=N–C) groups is 1. The predicted molar refractivity (Wildman–Crippen MR) is 177 cm³/mol. The Morgan fingerprint density at radius 3 is 2.47 bits per heavy atom. The minimum absolute atomic E-state index is 0.00119. The number of alkyl halides is 1. The Balaban J connectivity index is 1.45. The molecule has 0 aromatic heterocycles. The van der Waals surface area contributed by atoms with E-state index in [1.807, 2.05) is 23.1 Å². The zero-order valence-electron chi connectivity index (χ0n) is 27.1. The van der Waals surface area contributed by atoms with Gasteiger partial charge in [0.15, 0.2) is 0 Å². The van der Waals surface area contributed by atoms with Crippen molar-refractivity contribution >= 4 is 29.1 Å². The first-order valence-electron chi connectivity index (χ1n) is 16.6. The number of halogens is 1. The Morgan fingerprint density at radius 2 is 1.82 bits per heavy atom. The summed E-state index contributed by atoms with van der Waals surface area (Å²) in [6, 6.07) is 13.4. The van der Waals surface area contributed by atoms with Crippen molar-refractivity contribution in [1.29, 1.82) is 0 Å². The summed E-state index contributed by atoms with van der Waals surface area (Å²) < 4.78 is 17.1. The van der Waals surface area contributed by atoms with Crippen LogP contribution < -0.4 is 20.9 Å². The van der Waals surface area contributed by atoms with Crippen LogP contribution in [0.1, 0.15) is 75.3 Å².